The number of hydrogen-bond acceptors (Lipinski definition) is 5. The topological polar surface area (TPSA) is 71.3 Å². The van der Waals surface area contributed by atoms with Gasteiger partial charge in [-0.2, -0.15) is 18.2 Å². The molecule has 31 heavy (non-hydrogen) atoms. The highest BCUT2D eigenvalue weighted by Gasteiger charge is 2.31. The minimum Gasteiger partial charge on any atom is -0.326 e. The summed E-state index contributed by atoms with van der Waals surface area (Å²) in [5, 5.41) is 7.19. The Balaban J connectivity index is 1.35. The van der Waals surface area contributed by atoms with Crippen LogP contribution in [0, 0.1) is 5.92 Å². The fraction of sp³-hybridized carbons (Fsp3) is 0.286. The normalized spacial score (nSPS) is 15.2. The molecule has 1 aliphatic heterocycles. The van der Waals surface area contributed by atoms with Crippen molar-refractivity contribution in [2.24, 2.45) is 5.92 Å². The third-order valence-corrected chi connectivity index (χ3v) is 5.36. The lowest BCUT2D eigenvalue weighted by molar-refractivity contribution is -0.137. The lowest BCUT2D eigenvalue weighted by Crippen LogP contribution is -2.38. The zero-order valence-electron chi connectivity index (χ0n) is 16.2. The van der Waals surface area contributed by atoms with Gasteiger partial charge in [-0.25, -0.2) is 0 Å². The van der Waals surface area contributed by atoms with Gasteiger partial charge in [-0.3, -0.25) is 4.79 Å². The highest BCUT2D eigenvalue weighted by atomic mass is 35.5. The molecular formula is C21H18ClF3N4O2. The van der Waals surface area contributed by atoms with Crippen LogP contribution in [-0.2, 0) is 11.0 Å². The lowest BCUT2D eigenvalue weighted by atomic mass is 9.96. The predicted octanol–water partition coefficient (Wildman–Crippen LogP) is 5.26. The SMILES string of the molecule is O=C(Nc1cccc(C(F)(F)F)c1)C1CCN(c2nc(-c3ccc(Cl)cc3)no2)CC1. The molecule has 1 saturated heterocycles. The van der Waals surface area contributed by atoms with E-state index < -0.39 is 11.7 Å². The third-order valence-electron chi connectivity index (χ3n) is 5.11. The molecule has 1 N–H and O–H groups in total. The molecule has 0 bridgehead atoms. The summed E-state index contributed by atoms with van der Waals surface area (Å²) in [6, 6.07) is 12.0. The number of amides is 1. The van der Waals surface area contributed by atoms with Gasteiger partial charge in [-0.05, 0) is 55.3 Å². The molecule has 6 nitrogen and oxygen atoms in total. The van der Waals surface area contributed by atoms with Crippen molar-refractivity contribution in [3.05, 3.63) is 59.1 Å². The van der Waals surface area contributed by atoms with Gasteiger partial charge in [0.2, 0.25) is 11.7 Å². The number of piperidine rings is 1. The average Bonchev–Trinajstić information content (AvgIpc) is 3.24. The first kappa shape index (κ1) is 21.2. The van der Waals surface area contributed by atoms with Crippen LogP contribution >= 0.6 is 11.6 Å². The molecule has 162 valence electrons. The first-order valence-corrected chi connectivity index (χ1v) is 10.00. The third kappa shape index (κ3) is 4.99. The summed E-state index contributed by atoms with van der Waals surface area (Å²) >= 11 is 5.89. The van der Waals surface area contributed by atoms with Gasteiger partial charge in [-0.15, -0.1) is 0 Å². The molecule has 0 spiro atoms. The molecule has 2 heterocycles. The summed E-state index contributed by atoms with van der Waals surface area (Å²) in [6.07, 6.45) is -3.42. The van der Waals surface area contributed by atoms with Gasteiger partial charge in [0.05, 0.1) is 5.56 Å². The number of carbonyl (C=O) groups excluding carboxylic acids is 1. The first-order chi connectivity index (χ1) is 14.8. The van der Waals surface area contributed by atoms with Crippen molar-refractivity contribution in [3.63, 3.8) is 0 Å². The number of rotatable bonds is 4. The Morgan fingerprint density at radius 1 is 1.13 bits per heavy atom. The molecule has 0 saturated carbocycles. The number of hydrogen-bond donors (Lipinski definition) is 1. The lowest BCUT2D eigenvalue weighted by Gasteiger charge is -2.29. The second-order valence-electron chi connectivity index (χ2n) is 7.24. The van der Waals surface area contributed by atoms with E-state index in [-0.39, 0.29) is 17.5 Å². The maximum atomic E-state index is 12.8. The van der Waals surface area contributed by atoms with E-state index in [1.54, 1.807) is 24.3 Å². The quantitative estimate of drug-likeness (QED) is 0.586. The van der Waals surface area contributed by atoms with Crippen LogP contribution < -0.4 is 10.2 Å². The molecule has 0 unspecified atom stereocenters. The number of benzene rings is 2. The molecule has 0 radical (unpaired) electrons. The van der Waals surface area contributed by atoms with Crippen molar-refractivity contribution in [3.8, 4) is 11.4 Å². The molecule has 0 atom stereocenters. The van der Waals surface area contributed by atoms with Crippen LogP contribution in [0.4, 0.5) is 24.9 Å². The van der Waals surface area contributed by atoms with Crippen LogP contribution in [0.3, 0.4) is 0 Å². The summed E-state index contributed by atoms with van der Waals surface area (Å²) in [6.45, 7) is 1.03. The highest BCUT2D eigenvalue weighted by Crippen LogP contribution is 2.31. The zero-order valence-corrected chi connectivity index (χ0v) is 17.0. The van der Waals surface area contributed by atoms with Gasteiger partial charge >= 0.3 is 12.2 Å². The molecule has 1 fully saturated rings. The number of carbonyl (C=O) groups is 1. The van der Waals surface area contributed by atoms with Crippen molar-refractivity contribution in [2.45, 2.75) is 19.0 Å². The first-order valence-electron chi connectivity index (χ1n) is 9.62. The Morgan fingerprint density at radius 3 is 2.52 bits per heavy atom. The number of alkyl halides is 3. The summed E-state index contributed by atoms with van der Waals surface area (Å²) in [7, 11) is 0. The second kappa shape index (κ2) is 8.58. The van der Waals surface area contributed by atoms with Gasteiger partial charge in [-0.1, -0.05) is 22.8 Å². The molecule has 1 amide bonds. The van der Waals surface area contributed by atoms with Crippen LogP contribution in [0.2, 0.25) is 5.02 Å². The van der Waals surface area contributed by atoms with Crippen LogP contribution in [-0.4, -0.2) is 29.1 Å². The average molecular weight is 451 g/mol. The molecule has 4 rings (SSSR count). The van der Waals surface area contributed by atoms with Crippen molar-refractivity contribution >= 4 is 29.2 Å². The van der Waals surface area contributed by atoms with E-state index in [0.717, 1.165) is 17.7 Å². The minimum atomic E-state index is -4.46. The van der Waals surface area contributed by atoms with Crippen LogP contribution in [0.1, 0.15) is 18.4 Å². The number of nitrogens with zero attached hydrogens (tertiary/aromatic N) is 3. The van der Waals surface area contributed by atoms with E-state index in [2.05, 4.69) is 15.5 Å². The zero-order chi connectivity index (χ0) is 22.0. The number of nitrogens with one attached hydrogen (secondary N) is 1. The Bertz CT molecular complexity index is 1060. The predicted molar refractivity (Wildman–Crippen MR) is 110 cm³/mol. The fourth-order valence-electron chi connectivity index (χ4n) is 3.41. The summed E-state index contributed by atoms with van der Waals surface area (Å²) in [4.78, 5) is 18.8. The molecule has 1 aliphatic rings. The summed E-state index contributed by atoms with van der Waals surface area (Å²) < 4.78 is 43.9. The van der Waals surface area contributed by atoms with Gasteiger partial charge in [0.1, 0.15) is 0 Å². The van der Waals surface area contributed by atoms with Crippen LogP contribution in [0.15, 0.2) is 53.1 Å². The van der Waals surface area contributed by atoms with Gasteiger partial charge in [0.25, 0.3) is 0 Å². The van der Waals surface area contributed by atoms with Gasteiger partial charge < -0.3 is 14.7 Å². The Hall–Kier alpha value is -3.07. The van der Waals surface area contributed by atoms with E-state index in [4.69, 9.17) is 16.1 Å². The van der Waals surface area contributed by atoms with Crippen molar-refractivity contribution in [1.82, 2.24) is 10.1 Å². The monoisotopic (exact) mass is 450 g/mol. The fourth-order valence-corrected chi connectivity index (χ4v) is 3.54. The van der Waals surface area contributed by atoms with Gasteiger partial charge in [0.15, 0.2) is 0 Å². The smallest absolute Gasteiger partial charge is 0.326 e. The van der Waals surface area contributed by atoms with Crippen molar-refractivity contribution < 1.29 is 22.5 Å². The van der Waals surface area contributed by atoms with Crippen LogP contribution in [0.25, 0.3) is 11.4 Å². The minimum absolute atomic E-state index is 0.131. The van der Waals surface area contributed by atoms with E-state index >= 15 is 0 Å². The van der Waals surface area contributed by atoms with Crippen molar-refractivity contribution in [2.75, 3.05) is 23.3 Å². The molecule has 1 aromatic heterocycles. The van der Waals surface area contributed by atoms with Crippen LogP contribution in [0.5, 0.6) is 0 Å². The molecule has 10 heteroatoms. The Kier molecular flexibility index (Phi) is 5.86. The van der Waals surface area contributed by atoms with Gasteiger partial charge in [0, 0.05) is 35.3 Å². The highest BCUT2D eigenvalue weighted by molar-refractivity contribution is 6.30. The Labute approximate surface area is 181 Å². The number of aromatic nitrogens is 2. The number of anilines is 2. The largest absolute Gasteiger partial charge is 0.416 e. The van der Waals surface area contributed by atoms with E-state index in [1.165, 1.54) is 12.1 Å². The van der Waals surface area contributed by atoms with E-state index in [0.29, 0.717) is 42.8 Å². The maximum Gasteiger partial charge on any atom is 0.416 e. The van der Waals surface area contributed by atoms with Crippen molar-refractivity contribution in [1.29, 1.82) is 0 Å². The second-order valence-corrected chi connectivity index (χ2v) is 7.67. The van der Waals surface area contributed by atoms with E-state index in [9.17, 15) is 18.0 Å². The maximum absolute atomic E-state index is 12.8. The summed E-state index contributed by atoms with van der Waals surface area (Å²) in [5.74, 6) is -0.174. The molecular weight excluding hydrogens is 433 g/mol. The standard InChI is InChI=1S/C21H18ClF3N4O2/c22-16-6-4-13(5-7-16)18-27-20(31-28-18)29-10-8-14(9-11-29)19(30)26-17-3-1-2-15(12-17)21(23,24)25/h1-7,12,14H,8-11H2,(H,26,30). The summed E-state index contributed by atoms with van der Waals surface area (Å²) in [5.41, 5.74) is 0.106. The Morgan fingerprint density at radius 2 is 1.84 bits per heavy atom. The molecule has 3 aromatic rings. The molecule has 2 aromatic carbocycles. The molecule has 0 aliphatic carbocycles. The van der Waals surface area contributed by atoms with E-state index in [1.807, 2.05) is 4.90 Å². The number of halogens is 4.